The van der Waals surface area contributed by atoms with Crippen LogP contribution in [0.25, 0.3) is 0 Å². The maximum Gasteiger partial charge on any atom is 0.212 e. The SMILES string of the molecule is CCc1c(NC)ncnc1NCc1ccc(OC)nc1. The zero-order valence-corrected chi connectivity index (χ0v) is 12.0. The molecule has 0 unspecified atom stereocenters. The van der Waals surface area contributed by atoms with Gasteiger partial charge in [0, 0.05) is 31.4 Å². The summed E-state index contributed by atoms with van der Waals surface area (Å²) in [6, 6.07) is 3.82. The lowest BCUT2D eigenvalue weighted by atomic mass is 10.2. The van der Waals surface area contributed by atoms with Crippen molar-refractivity contribution in [2.45, 2.75) is 19.9 Å². The predicted molar refractivity (Wildman–Crippen MR) is 79.1 cm³/mol. The van der Waals surface area contributed by atoms with Gasteiger partial charge in [-0.1, -0.05) is 13.0 Å². The molecule has 0 aliphatic heterocycles. The van der Waals surface area contributed by atoms with Crippen molar-refractivity contribution in [2.24, 2.45) is 0 Å². The van der Waals surface area contributed by atoms with E-state index < -0.39 is 0 Å². The predicted octanol–water partition coefficient (Wildman–Crippen LogP) is 2.10. The minimum atomic E-state index is 0.613. The highest BCUT2D eigenvalue weighted by Gasteiger charge is 2.08. The van der Waals surface area contributed by atoms with Crippen LogP contribution in [-0.2, 0) is 13.0 Å². The first-order valence-electron chi connectivity index (χ1n) is 6.52. The molecule has 0 atom stereocenters. The Kier molecular flexibility index (Phi) is 4.70. The molecule has 2 aromatic rings. The van der Waals surface area contributed by atoms with Crippen LogP contribution in [0.15, 0.2) is 24.7 Å². The molecule has 0 fully saturated rings. The summed E-state index contributed by atoms with van der Waals surface area (Å²) in [4.78, 5) is 12.7. The van der Waals surface area contributed by atoms with Crippen molar-refractivity contribution in [2.75, 3.05) is 24.8 Å². The summed E-state index contributed by atoms with van der Waals surface area (Å²) in [6.45, 7) is 2.74. The molecule has 0 spiro atoms. The first-order chi connectivity index (χ1) is 9.78. The van der Waals surface area contributed by atoms with Gasteiger partial charge >= 0.3 is 0 Å². The Balaban J connectivity index is 2.10. The third kappa shape index (κ3) is 3.14. The number of methoxy groups -OCH3 is 1. The van der Waals surface area contributed by atoms with Gasteiger partial charge in [-0.2, -0.15) is 0 Å². The Bertz CT molecular complexity index is 556. The molecule has 0 aliphatic rings. The van der Waals surface area contributed by atoms with E-state index in [0.717, 1.165) is 29.2 Å². The van der Waals surface area contributed by atoms with Crippen LogP contribution in [0.5, 0.6) is 5.88 Å². The molecule has 0 bridgehead atoms. The number of hydrogen-bond acceptors (Lipinski definition) is 6. The van der Waals surface area contributed by atoms with Gasteiger partial charge in [0.1, 0.15) is 18.0 Å². The Morgan fingerprint density at radius 2 is 1.95 bits per heavy atom. The van der Waals surface area contributed by atoms with Crippen LogP contribution in [0.1, 0.15) is 18.1 Å². The van der Waals surface area contributed by atoms with E-state index in [9.17, 15) is 0 Å². The fraction of sp³-hybridized carbons (Fsp3) is 0.357. The second-order valence-corrected chi connectivity index (χ2v) is 4.22. The number of nitrogens with zero attached hydrogens (tertiary/aromatic N) is 3. The highest BCUT2D eigenvalue weighted by atomic mass is 16.5. The molecule has 6 heteroatoms. The average Bonchev–Trinajstić information content (AvgIpc) is 2.52. The van der Waals surface area contributed by atoms with Gasteiger partial charge in [0.15, 0.2) is 0 Å². The quantitative estimate of drug-likeness (QED) is 0.839. The molecule has 6 nitrogen and oxygen atoms in total. The molecular formula is C14H19N5O. The van der Waals surface area contributed by atoms with Gasteiger partial charge in [-0.25, -0.2) is 15.0 Å². The maximum absolute atomic E-state index is 5.04. The van der Waals surface area contributed by atoms with Crippen molar-refractivity contribution >= 4 is 11.6 Å². The van der Waals surface area contributed by atoms with E-state index >= 15 is 0 Å². The van der Waals surface area contributed by atoms with E-state index in [-0.39, 0.29) is 0 Å². The van der Waals surface area contributed by atoms with E-state index in [1.165, 1.54) is 0 Å². The number of hydrogen-bond donors (Lipinski definition) is 2. The van der Waals surface area contributed by atoms with E-state index in [2.05, 4.69) is 32.5 Å². The number of pyridine rings is 1. The molecule has 0 aliphatic carbocycles. The summed E-state index contributed by atoms with van der Waals surface area (Å²) in [5.74, 6) is 2.32. The number of nitrogens with one attached hydrogen (secondary N) is 2. The van der Waals surface area contributed by atoms with Crippen LogP contribution in [-0.4, -0.2) is 29.1 Å². The van der Waals surface area contributed by atoms with Gasteiger partial charge in [0.05, 0.1) is 7.11 Å². The van der Waals surface area contributed by atoms with Crippen LogP contribution < -0.4 is 15.4 Å². The standard InChI is InChI=1S/C14H19N5O/c1-4-11-13(15-2)18-9-19-14(11)17-8-10-5-6-12(20-3)16-7-10/h5-7,9H,4,8H2,1-3H3,(H2,15,17,18,19). The van der Waals surface area contributed by atoms with Gasteiger partial charge < -0.3 is 15.4 Å². The zero-order valence-electron chi connectivity index (χ0n) is 12.0. The van der Waals surface area contributed by atoms with Gasteiger partial charge in [-0.05, 0) is 12.0 Å². The monoisotopic (exact) mass is 273 g/mol. The molecule has 106 valence electrons. The normalized spacial score (nSPS) is 10.2. The molecule has 2 aromatic heterocycles. The third-order valence-corrected chi connectivity index (χ3v) is 3.00. The number of rotatable bonds is 6. The van der Waals surface area contributed by atoms with Gasteiger partial charge in [-0.15, -0.1) is 0 Å². The Labute approximate surface area is 118 Å². The highest BCUT2D eigenvalue weighted by molar-refractivity contribution is 5.57. The summed E-state index contributed by atoms with van der Waals surface area (Å²) in [5.41, 5.74) is 2.15. The topological polar surface area (TPSA) is 72.0 Å². The first kappa shape index (κ1) is 14.0. The maximum atomic E-state index is 5.04. The van der Waals surface area contributed by atoms with Crippen LogP contribution in [0.4, 0.5) is 11.6 Å². The fourth-order valence-electron chi connectivity index (χ4n) is 1.94. The molecule has 2 heterocycles. The van der Waals surface area contributed by atoms with Gasteiger partial charge in [-0.3, -0.25) is 0 Å². The van der Waals surface area contributed by atoms with Crippen molar-refractivity contribution in [3.63, 3.8) is 0 Å². The van der Waals surface area contributed by atoms with E-state index in [1.54, 1.807) is 19.6 Å². The lowest BCUT2D eigenvalue weighted by Crippen LogP contribution is -2.08. The summed E-state index contributed by atoms with van der Waals surface area (Å²) in [6.07, 6.45) is 4.21. The second-order valence-electron chi connectivity index (χ2n) is 4.22. The van der Waals surface area contributed by atoms with E-state index in [0.29, 0.717) is 12.4 Å². The molecule has 0 radical (unpaired) electrons. The second kappa shape index (κ2) is 6.70. The summed E-state index contributed by atoms with van der Waals surface area (Å²) >= 11 is 0. The average molecular weight is 273 g/mol. The minimum Gasteiger partial charge on any atom is -0.481 e. The largest absolute Gasteiger partial charge is 0.481 e. The van der Waals surface area contributed by atoms with E-state index in [1.807, 2.05) is 19.2 Å². The van der Waals surface area contributed by atoms with Crippen molar-refractivity contribution in [1.82, 2.24) is 15.0 Å². The van der Waals surface area contributed by atoms with Gasteiger partial charge in [0.2, 0.25) is 5.88 Å². The summed E-state index contributed by atoms with van der Waals surface area (Å²) in [5, 5.41) is 6.40. The van der Waals surface area contributed by atoms with Crippen LogP contribution in [0, 0.1) is 0 Å². The highest BCUT2D eigenvalue weighted by Crippen LogP contribution is 2.20. The number of aromatic nitrogens is 3. The fourth-order valence-corrected chi connectivity index (χ4v) is 1.94. The molecule has 0 amide bonds. The van der Waals surface area contributed by atoms with Crippen molar-refractivity contribution in [1.29, 1.82) is 0 Å². The Hall–Kier alpha value is -2.37. The Morgan fingerprint density at radius 1 is 1.15 bits per heavy atom. The van der Waals surface area contributed by atoms with Crippen LogP contribution in [0.2, 0.25) is 0 Å². The smallest absolute Gasteiger partial charge is 0.212 e. The first-order valence-corrected chi connectivity index (χ1v) is 6.52. The number of anilines is 2. The molecule has 2 rings (SSSR count). The number of ether oxygens (including phenoxy) is 1. The summed E-state index contributed by atoms with van der Waals surface area (Å²) in [7, 11) is 3.46. The molecule has 2 N–H and O–H groups in total. The lowest BCUT2D eigenvalue weighted by Gasteiger charge is -2.12. The van der Waals surface area contributed by atoms with Crippen molar-refractivity contribution in [3.05, 3.63) is 35.8 Å². The molecule has 0 aromatic carbocycles. The van der Waals surface area contributed by atoms with Crippen molar-refractivity contribution < 1.29 is 4.74 Å². The molecule has 0 saturated carbocycles. The molecule has 20 heavy (non-hydrogen) atoms. The Morgan fingerprint density at radius 3 is 2.55 bits per heavy atom. The van der Waals surface area contributed by atoms with E-state index in [4.69, 9.17) is 4.74 Å². The van der Waals surface area contributed by atoms with Gasteiger partial charge in [0.25, 0.3) is 0 Å². The lowest BCUT2D eigenvalue weighted by molar-refractivity contribution is 0.397. The van der Waals surface area contributed by atoms with Crippen molar-refractivity contribution in [3.8, 4) is 5.88 Å². The molecular weight excluding hydrogens is 254 g/mol. The summed E-state index contributed by atoms with van der Waals surface area (Å²) < 4.78 is 5.04. The van der Waals surface area contributed by atoms with Crippen LogP contribution in [0.3, 0.4) is 0 Å². The third-order valence-electron chi connectivity index (χ3n) is 3.00. The minimum absolute atomic E-state index is 0.613. The molecule has 0 saturated heterocycles. The zero-order chi connectivity index (χ0) is 14.4. The van der Waals surface area contributed by atoms with Crippen LogP contribution >= 0.6 is 0 Å².